The van der Waals surface area contributed by atoms with E-state index in [-0.39, 0.29) is 31.3 Å². The Balaban J connectivity index is 2.43. The molecule has 0 aliphatic heterocycles. The van der Waals surface area contributed by atoms with Crippen molar-refractivity contribution in [2.75, 3.05) is 13.7 Å². The zero-order valence-corrected chi connectivity index (χ0v) is 21.4. The quantitative estimate of drug-likeness (QED) is 0.385. The molecular formula is C25H36N4O7. The number of amides is 4. The fourth-order valence-corrected chi connectivity index (χ4v) is 3.75. The first-order chi connectivity index (χ1) is 16.8. The molecule has 4 atom stereocenters. The van der Waals surface area contributed by atoms with Gasteiger partial charge in [0.15, 0.2) is 0 Å². The van der Waals surface area contributed by atoms with Gasteiger partial charge in [-0.2, -0.15) is 0 Å². The Hall–Kier alpha value is -3.63. The standard InChI is InChI=1S/C25H36N4O7/c1-15-13-18(15)29(21(16-9-7-6-8-10-16)22(32)27-14-20(31)35-5)23(33)17(11-12-19(26)30)28-24(34)36-25(2,3)4/h6-10,15,17-18,21H,11-14H2,1-5H3,(H2,26,30)(H,27,32)(H,28,34). The highest BCUT2D eigenvalue weighted by Crippen LogP contribution is 2.40. The molecule has 4 N–H and O–H groups in total. The van der Waals surface area contributed by atoms with E-state index in [0.717, 1.165) is 0 Å². The Bertz CT molecular complexity index is 961. The third-order valence-electron chi connectivity index (χ3n) is 5.62. The molecule has 11 heteroatoms. The normalized spacial score (nSPS) is 18.2. The molecule has 0 radical (unpaired) electrons. The van der Waals surface area contributed by atoms with E-state index >= 15 is 0 Å². The summed E-state index contributed by atoms with van der Waals surface area (Å²) in [6.45, 7) is 6.62. The molecule has 1 aromatic rings. The Morgan fingerprint density at radius 3 is 2.25 bits per heavy atom. The van der Waals surface area contributed by atoms with E-state index in [1.807, 2.05) is 6.92 Å². The van der Waals surface area contributed by atoms with Crippen molar-refractivity contribution in [3.8, 4) is 0 Å². The first kappa shape index (κ1) is 28.6. The number of alkyl carbamates (subject to hydrolysis) is 1. The molecule has 36 heavy (non-hydrogen) atoms. The molecule has 4 unspecified atom stereocenters. The van der Waals surface area contributed by atoms with E-state index < -0.39 is 47.5 Å². The Kier molecular flexibility index (Phi) is 9.83. The van der Waals surface area contributed by atoms with Crippen molar-refractivity contribution in [1.29, 1.82) is 0 Å². The molecule has 0 heterocycles. The minimum absolute atomic E-state index is 0.0731. The van der Waals surface area contributed by atoms with Gasteiger partial charge in [0, 0.05) is 12.5 Å². The molecule has 2 rings (SSSR count). The number of carbonyl (C=O) groups excluding carboxylic acids is 5. The second kappa shape index (κ2) is 12.4. The van der Waals surface area contributed by atoms with E-state index in [4.69, 9.17) is 10.5 Å². The van der Waals surface area contributed by atoms with Crippen molar-refractivity contribution in [2.24, 2.45) is 11.7 Å². The van der Waals surface area contributed by atoms with Crippen molar-refractivity contribution >= 4 is 29.8 Å². The minimum Gasteiger partial charge on any atom is -0.468 e. The summed E-state index contributed by atoms with van der Waals surface area (Å²) >= 11 is 0. The van der Waals surface area contributed by atoms with E-state index in [1.54, 1.807) is 51.1 Å². The maximum atomic E-state index is 13.9. The summed E-state index contributed by atoms with van der Waals surface area (Å²) in [6, 6.07) is 6.11. The van der Waals surface area contributed by atoms with Gasteiger partial charge in [-0.15, -0.1) is 0 Å². The number of nitrogens with one attached hydrogen (secondary N) is 2. The van der Waals surface area contributed by atoms with E-state index in [0.29, 0.717) is 12.0 Å². The van der Waals surface area contributed by atoms with Crippen LogP contribution in [0.2, 0.25) is 0 Å². The van der Waals surface area contributed by atoms with Crippen LogP contribution in [0, 0.1) is 5.92 Å². The second-order valence-electron chi connectivity index (χ2n) is 9.84. The van der Waals surface area contributed by atoms with Gasteiger partial charge in [0.25, 0.3) is 0 Å². The van der Waals surface area contributed by atoms with Crippen LogP contribution < -0.4 is 16.4 Å². The van der Waals surface area contributed by atoms with Crippen LogP contribution >= 0.6 is 0 Å². The molecule has 1 aliphatic carbocycles. The van der Waals surface area contributed by atoms with Gasteiger partial charge in [-0.25, -0.2) is 4.79 Å². The summed E-state index contributed by atoms with van der Waals surface area (Å²) in [4.78, 5) is 64.4. The van der Waals surface area contributed by atoms with Crippen LogP contribution in [0.3, 0.4) is 0 Å². The maximum Gasteiger partial charge on any atom is 0.408 e. The zero-order valence-electron chi connectivity index (χ0n) is 21.4. The van der Waals surface area contributed by atoms with Crippen LogP contribution in [0.5, 0.6) is 0 Å². The monoisotopic (exact) mass is 504 g/mol. The zero-order chi connectivity index (χ0) is 27.0. The topological polar surface area (TPSA) is 157 Å². The maximum absolute atomic E-state index is 13.9. The van der Waals surface area contributed by atoms with E-state index in [2.05, 4.69) is 15.4 Å². The van der Waals surface area contributed by atoms with Gasteiger partial charge in [-0.1, -0.05) is 37.3 Å². The lowest BCUT2D eigenvalue weighted by molar-refractivity contribution is -0.145. The number of benzene rings is 1. The van der Waals surface area contributed by atoms with Gasteiger partial charge in [0.05, 0.1) is 7.11 Å². The number of hydrogen-bond donors (Lipinski definition) is 3. The van der Waals surface area contributed by atoms with Gasteiger partial charge in [0.2, 0.25) is 17.7 Å². The predicted octanol–water partition coefficient (Wildman–Crippen LogP) is 1.41. The molecule has 1 aliphatic rings. The fraction of sp³-hybridized carbons (Fsp3) is 0.560. The molecule has 198 valence electrons. The number of nitrogens with two attached hydrogens (primary N) is 1. The van der Waals surface area contributed by atoms with Crippen LogP contribution in [0.4, 0.5) is 4.79 Å². The van der Waals surface area contributed by atoms with Gasteiger partial charge in [-0.05, 0) is 45.1 Å². The van der Waals surface area contributed by atoms with Gasteiger partial charge >= 0.3 is 12.1 Å². The summed E-state index contributed by atoms with van der Waals surface area (Å²) in [7, 11) is 1.20. The van der Waals surface area contributed by atoms with Crippen molar-refractivity contribution in [1.82, 2.24) is 15.5 Å². The number of carbonyl (C=O) groups is 5. The number of primary amides is 1. The lowest BCUT2D eigenvalue weighted by Crippen LogP contribution is -2.54. The number of hydrogen-bond acceptors (Lipinski definition) is 7. The number of methoxy groups -OCH3 is 1. The number of rotatable bonds is 11. The summed E-state index contributed by atoms with van der Waals surface area (Å²) in [5.74, 6) is -2.31. The number of esters is 1. The van der Waals surface area contributed by atoms with E-state index in [9.17, 15) is 24.0 Å². The lowest BCUT2D eigenvalue weighted by atomic mass is 10.0. The average molecular weight is 505 g/mol. The summed E-state index contributed by atoms with van der Waals surface area (Å²) < 4.78 is 9.91. The predicted molar refractivity (Wildman–Crippen MR) is 130 cm³/mol. The highest BCUT2D eigenvalue weighted by molar-refractivity contribution is 5.94. The Labute approximate surface area is 211 Å². The van der Waals surface area contributed by atoms with Crippen LogP contribution in [0.15, 0.2) is 30.3 Å². The number of nitrogens with zero attached hydrogens (tertiary/aromatic N) is 1. The first-order valence-corrected chi connectivity index (χ1v) is 11.8. The van der Waals surface area contributed by atoms with Gasteiger partial charge in [-0.3, -0.25) is 19.2 Å². The largest absolute Gasteiger partial charge is 0.468 e. The molecule has 1 fully saturated rings. The highest BCUT2D eigenvalue weighted by atomic mass is 16.6. The molecule has 0 saturated heterocycles. The molecular weight excluding hydrogens is 468 g/mol. The van der Waals surface area contributed by atoms with Crippen LogP contribution in [-0.2, 0) is 28.7 Å². The van der Waals surface area contributed by atoms with Crippen molar-refractivity contribution < 1.29 is 33.4 Å². The molecule has 0 spiro atoms. The number of ether oxygens (including phenoxy) is 2. The average Bonchev–Trinajstić information content (AvgIpc) is 3.52. The third-order valence-corrected chi connectivity index (χ3v) is 5.62. The molecule has 0 bridgehead atoms. The van der Waals surface area contributed by atoms with E-state index in [1.165, 1.54) is 12.0 Å². The highest BCUT2D eigenvalue weighted by Gasteiger charge is 2.48. The van der Waals surface area contributed by atoms with Crippen molar-refractivity contribution in [3.63, 3.8) is 0 Å². The third kappa shape index (κ3) is 8.54. The molecule has 1 saturated carbocycles. The summed E-state index contributed by atoms with van der Waals surface area (Å²) in [5, 5.41) is 5.08. The molecule has 0 aromatic heterocycles. The van der Waals surface area contributed by atoms with Crippen LogP contribution in [-0.4, -0.2) is 66.0 Å². The minimum atomic E-state index is -1.17. The first-order valence-electron chi connectivity index (χ1n) is 11.8. The van der Waals surface area contributed by atoms with Gasteiger partial charge < -0.3 is 30.7 Å². The summed E-state index contributed by atoms with van der Waals surface area (Å²) in [5.41, 5.74) is 5.02. The Morgan fingerprint density at radius 2 is 1.75 bits per heavy atom. The smallest absolute Gasteiger partial charge is 0.408 e. The van der Waals surface area contributed by atoms with Crippen molar-refractivity contribution in [2.45, 2.75) is 70.7 Å². The SMILES string of the molecule is COC(=O)CNC(=O)C(c1ccccc1)N(C(=O)C(CCC(N)=O)NC(=O)OC(C)(C)C)C1CC1C. The van der Waals surface area contributed by atoms with Crippen molar-refractivity contribution in [3.05, 3.63) is 35.9 Å². The molecule has 4 amide bonds. The second-order valence-corrected chi connectivity index (χ2v) is 9.84. The molecule has 11 nitrogen and oxygen atoms in total. The van der Waals surface area contributed by atoms with Gasteiger partial charge in [0.1, 0.15) is 24.2 Å². The van der Waals surface area contributed by atoms with Crippen LogP contribution in [0.1, 0.15) is 58.6 Å². The fourth-order valence-electron chi connectivity index (χ4n) is 3.75. The summed E-state index contributed by atoms with van der Waals surface area (Å²) in [6.07, 6.45) is -0.421. The lowest BCUT2D eigenvalue weighted by Gasteiger charge is -2.35. The van der Waals surface area contributed by atoms with Crippen LogP contribution in [0.25, 0.3) is 0 Å². The molecule has 1 aromatic carbocycles. The Morgan fingerprint density at radius 1 is 1.14 bits per heavy atom.